The number of rotatable bonds is 8. The Morgan fingerprint density at radius 3 is 2.53 bits per heavy atom. The van der Waals surface area contributed by atoms with Gasteiger partial charge in [-0.2, -0.15) is 13.2 Å². The molecule has 1 saturated heterocycles. The van der Waals surface area contributed by atoms with E-state index in [0.717, 1.165) is 11.1 Å². The Morgan fingerprint density at radius 2 is 1.95 bits per heavy atom. The maximum Gasteiger partial charge on any atom is 0.410 e. The first-order chi connectivity index (χ1) is 18.0. The number of nitrogens with zero attached hydrogens (tertiary/aromatic N) is 1. The monoisotopic (exact) mass is 537 g/mol. The van der Waals surface area contributed by atoms with Gasteiger partial charge in [0, 0.05) is 19.1 Å². The molecule has 2 amide bonds. The van der Waals surface area contributed by atoms with Gasteiger partial charge in [-0.25, -0.2) is 9.82 Å². The fourth-order valence-corrected chi connectivity index (χ4v) is 4.68. The zero-order chi connectivity index (χ0) is 27.6. The lowest BCUT2D eigenvalue weighted by Crippen LogP contribution is -2.55. The summed E-state index contributed by atoms with van der Waals surface area (Å²) in [5.74, 6) is -3.16. The van der Waals surface area contributed by atoms with E-state index in [2.05, 4.69) is 10.7 Å². The minimum Gasteiger partial charge on any atom is -0.496 e. The lowest BCUT2D eigenvalue weighted by atomic mass is 9.97. The lowest BCUT2D eigenvalue weighted by molar-refractivity contribution is -0.199. The van der Waals surface area contributed by atoms with E-state index in [1.807, 2.05) is 0 Å². The molecule has 4 rings (SSSR count). The second-order valence-electron chi connectivity index (χ2n) is 8.97. The number of benzene rings is 2. The molecule has 3 atom stereocenters. The van der Waals surface area contributed by atoms with Gasteiger partial charge in [0.05, 0.1) is 30.9 Å². The van der Waals surface area contributed by atoms with Crippen molar-refractivity contribution in [3.8, 4) is 5.75 Å². The highest BCUT2D eigenvalue weighted by atomic mass is 19.4. The number of hydrogen-bond acceptors (Lipinski definition) is 7. The zero-order valence-corrected chi connectivity index (χ0v) is 20.3. The van der Waals surface area contributed by atoms with Gasteiger partial charge in [-0.05, 0) is 35.7 Å². The Balaban J connectivity index is 1.51. The second-order valence-corrected chi connectivity index (χ2v) is 8.97. The van der Waals surface area contributed by atoms with E-state index in [4.69, 9.17) is 20.9 Å². The molecular formula is C25H27F4N5O4. The number of carbonyl (C=O) groups excluding carboxylic acids is 2. The highest BCUT2D eigenvalue weighted by molar-refractivity contribution is 5.97. The Bertz CT molecular complexity index is 1230. The Hall–Kier alpha value is -3.84. The van der Waals surface area contributed by atoms with Crippen molar-refractivity contribution in [1.29, 1.82) is 0 Å². The van der Waals surface area contributed by atoms with E-state index in [9.17, 15) is 27.2 Å². The van der Waals surface area contributed by atoms with E-state index in [1.54, 1.807) is 24.3 Å². The molecule has 2 aliphatic heterocycles. The van der Waals surface area contributed by atoms with Crippen molar-refractivity contribution in [3.05, 3.63) is 76.4 Å². The third kappa shape index (κ3) is 5.53. The number of primary amides is 1. The average molecular weight is 538 g/mol. The minimum atomic E-state index is -4.65. The lowest BCUT2D eigenvalue weighted by Gasteiger charge is -2.35. The van der Waals surface area contributed by atoms with Crippen LogP contribution in [-0.4, -0.2) is 49.4 Å². The summed E-state index contributed by atoms with van der Waals surface area (Å²) in [4.78, 5) is 24.7. The average Bonchev–Trinajstić information content (AvgIpc) is 3.51. The molecule has 1 fully saturated rings. The first kappa shape index (κ1) is 27.2. The maximum absolute atomic E-state index is 14.1. The van der Waals surface area contributed by atoms with Gasteiger partial charge < -0.3 is 26.3 Å². The Morgan fingerprint density at radius 1 is 1.24 bits per heavy atom. The molecular weight excluding hydrogens is 510 g/mol. The third-order valence-electron chi connectivity index (χ3n) is 6.56. The SMILES string of the molecule is COc1ccc(F)cc1C(=O)NCc1ccc(C2NN(C(C3CCOC3)C(F)(F)F)C(N)=C2C(N)=O)cc1. The van der Waals surface area contributed by atoms with Crippen LogP contribution in [0.4, 0.5) is 17.6 Å². The van der Waals surface area contributed by atoms with Crippen LogP contribution in [0.5, 0.6) is 5.75 Å². The van der Waals surface area contributed by atoms with Crippen molar-refractivity contribution in [3.63, 3.8) is 0 Å². The van der Waals surface area contributed by atoms with E-state index < -0.39 is 47.6 Å². The molecule has 0 aromatic heterocycles. The molecule has 9 nitrogen and oxygen atoms in total. The summed E-state index contributed by atoms with van der Waals surface area (Å²) in [6.07, 6.45) is -4.46. The van der Waals surface area contributed by atoms with Crippen LogP contribution in [-0.2, 0) is 16.1 Å². The number of nitrogens with two attached hydrogens (primary N) is 2. The summed E-state index contributed by atoms with van der Waals surface area (Å²) in [7, 11) is 1.36. The number of halogens is 4. The Kier molecular flexibility index (Phi) is 7.78. The van der Waals surface area contributed by atoms with Gasteiger partial charge in [0.15, 0.2) is 0 Å². The van der Waals surface area contributed by atoms with Crippen molar-refractivity contribution in [1.82, 2.24) is 15.8 Å². The van der Waals surface area contributed by atoms with Crippen molar-refractivity contribution in [2.45, 2.75) is 31.2 Å². The molecule has 204 valence electrons. The van der Waals surface area contributed by atoms with Crippen LogP contribution in [0.15, 0.2) is 53.9 Å². The normalized spacial score (nSPS) is 20.5. The van der Waals surface area contributed by atoms with Crippen molar-refractivity contribution in [2.75, 3.05) is 20.3 Å². The van der Waals surface area contributed by atoms with Gasteiger partial charge in [0.2, 0.25) is 5.91 Å². The summed E-state index contributed by atoms with van der Waals surface area (Å²) in [6.45, 7) is 0.181. The highest BCUT2D eigenvalue weighted by Gasteiger charge is 2.53. The molecule has 0 bridgehead atoms. The molecule has 6 N–H and O–H groups in total. The first-order valence-electron chi connectivity index (χ1n) is 11.7. The topological polar surface area (TPSA) is 132 Å². The fourth-order valence-electron chi connectivity index (χ4n) is 4.68. The number of hydrogen-bond donors (Lipinski definition) is 4. The molecule has 13 heteroatoms. The smallest absolute Gasteiger partial charge is 0.410 e. The number of alkyl halides is 3. The number of amides is 2. The third-order valence-corrected chi connectivity index (χ3v) is 6.56. The molecule has 2 aliphatic rings. The summed E-state index contributed by atoms with van der Waals surface area (Å²) >= 11 is 0. The second kappa shape index (κ2) is 10.9. The first-order valence-corrected chi connectivity index (χ1v) is 11.7. The molecule has 0 spiro atoms. The fraction of sp³-hybridized carbons (Fsp3) is 0.360. The van der Waals surface area contributed by atoms with E-state index in [-0.39, 0.29) is 43.1 Å². The molecule has 0 aliphatic carbocycles. The largest absolute Gasteiger partial charge is 0.496 e. The van der Waals surface area contributed by atoms with Gasteiger partial charge in [0.25, 0.3) is 5.91 Å². The zero-order valence-electron chi connectivity index (χ0n) is 20.3. The summed E-state index contributed by atoms with van der Waals surface area (Å²) in [5, 5.41) is 3.43. The van der Waals surface area contributed by atoms with Crippen molar-refractivity contribution >= 4 is 11.8 Å². The molecule has 0 radical (unpaired) electrons. The van der Waals surface area contributed by atoms with Gasteiger partial charge in [-0.15, -0.1) is 0 Å². The van der Waals surface area contributed by atoms with Crippen LogP contribution in [0.25, 0.3) is 0 Å². The number of hydrazine groups is 1. The number of nitrogens with one attached hydrogen (secondary N) is 2. The van der Waals surface area contributed by atoms with Crippen molar-refractivity contribution in [2.24, 2.45) is 17.4 Å². The van der Waals surface area contributed by atoms with E-state index in [1.165, 1.54) is 19.2 Å². The molecule has 2 aromatic rings. The van der Waals surface area contributed by atoms with E-state index >= 15 is 0 Å². The molecule has 38 heavy (non-hydrogen) atoms. The van der Waals surface area contributed by atoms with Crippen LogP contribution >= 0.6 is 0 Å². The molecule has 0 saturated carbocycles. The predicted octanol–water partition coefficient (Wildman–Crippen LogP) is 2.25. The van der Waals surface area contributed by atoms with Crippen LogP contribution in [0.2, 0.25) is 0 Å². The van der Waals surface area contributed by atoms with Gasteiger partial charge >= 0.3 is 6.18 Å². The minimum absolute atomic E-state index is 0.0259. The summed E-state index contributed by atoms with van der Waals surface area (Å²) < 4.78 is 66.0. The van der Waals surface area contributed by atoms with Gasteiger partial charge in [-0.1, -0.05) is 24.3 Å². The van der Waals surface area contributed by atoms with Crippen molar-refractivity contribution < 1.29 is 36.6 Å². The standard InChI is InChI=1S/C25H27F4N5O4/c1-37-18-7-6-16(26)10-17(18)24(36)32-11-13-2-4-14(5-3-13)20-19(23(31)35)22(30)34(33-20)21(25(27,28)29)15-8-9-38-12-15/h2-7,10,15,20-21,33H,8-9,11-12,30H2,1H3,(H2,31,35)(H,32,36). The van der Waals surface area contributed by atoms with Crippen LogP contribution < -0.4 is 26.9 Å². The van der Waals surface area contributed by atoms with Gasteiger partial charge in [0.1, 0.15) is 23.4 Å². The highest BCUT2D eigenvalue weighted by Crippen LogP contribution is 2.40. The predicted molar refractivity (Wildman–Crippen MR) is 127 cm³/mol. The number of carbonyl (C=O) groups is 2. The molecule has 3 unspecified atom stereocenters. The number of ether oxygens (including phenoxy) is 2. The molecule has 2 aromatic carbocycles. The Labute approximate surface area is 215 Å². The van der Waals surface area contributed by atoms with Crippen LogP contribution in [0, 0.1) is 11.7 Å². The quantitative estimate of drug-likeness (QED) is 0.380. The van der Waals surface area contributed by atoms with Crippen LogP contribution in [0.3, 0.4) is 0 Å². The van der Waals surface area contributed by atoms with Gasteiger partial charge in [-0.3, -0.25) is 14.6 Å². The summed E-state index contributed by atoms with van der Waals surface area (Å²) in [6, 6.07) is 6.97. The summed E-state index contributed by atoms with van der Waals surface area (Å²) in [5.41, 5.74) is 15.2. The van der Waals surface area contributed by atoms with E-state index in [0.29, 0.717) is 11.1 Å². The molecule has 2 heterocycles. The number of methoxy groups -OCH3 is 1. The maximum atomic E-state index is 14.1. The van der Waals surface area contributed by atoms with Crippen LogP contribution in [0.1, 0.15) is 33.9 Å².